The molecule has 2 N–H and O–H groups in total. The van der Waals surface area contributed by atoms with E-state index in [1.165, 1.54) is 31.2 Å². The molecule has 2 fully saturated rings. The molecule has 2 saturated carbocycles. The van der Waals surface area contributed by atoms with E-state index in [1.807, 2.05) is 6.07 Å². The van der Waals surface area contributed by atoms with Crippen molar-refractivity contribution >= 4 is 5.82 Å². The van der Waals surface area contributed by atoms with Crippen LogP contribution in [0, 0.1) is 0 Å². The molecule has 3 nitrogen and oxygen atoms in total. The van der Waals surface area contributed by atoms with Gasteiger partial charge in [0.25, 0.3) is 0 Å². The number of nitrogens with two attached hydrogens (primary N) is 1. The van der Waals surface area contributed by atoms with Crippen LogP contribution in [0.5, 0.6) is 0 Å². The van der Waals surface area contributed by atoms with Crippen LogP contribution in [-0.2, 0) is 5.41 Å². The highest BCUT2D eigenvalue weighted by molar-refractivity contribution is 5.40. The maximum absolute atomic E-state index is 6.08. The van der Waals surface area contributed by atoms with Gasteiger partial charge >= 0.3 is 0 Å². The second kappa shape index (κ2) is 4.83. The van der Waals surface area contributed by atoms with Gasteiger partial charge in [-0.3, -0.25) is 0 Å². The van der Waals surface area contributed by atoms with Crippen molar-refractivity contribution in [2.45, 2.75) is 49.9 Å². The zero-order valence-electron chi connectivity index (χ0n) is 12.3. The lowest BCUT2D eigenvalue weighted by molar-refractivity contribution is 0.497. The van der Waals surface area contributed by atoms with Gasteiger partial charge in [-0.25, -0.2) is 9.97 Å². The minimum absolute atomic E-state index is 0.0275. The van der Waals surface area contributed by atoms with Crippen LogP contribution in [0.2, 0.25) is 0 Å². The van der Waals surface area contributed by atoms with Gasteiger partial charge in [-0.2, -0.15) is 0 Å². The lowest BCUT2D eigenvalue weighted by atomic mass is 9.78. The van der Waals surface area contributed by atoms with Gasteiger partial charge in [-0.15, -0.1) is 0 Å². The normalized spacial score (nSPS) is 20.6. The summed E-state index contributed by atoms with van der Waals surface area (Å²) in [6.45, 7) is 0. The summed E-state index contributed by atoms with van der Waals surface area (Å²) in [5, 5.41) is 0. The van der Waals surface area contributed by atoms with Crippen molar-refractivity contribution in [2.75, 3.05) is 5.73 Å². The third-order valence-corrected chi connectivity index (χ3v) is 4.97. The molecule has 3 heteroatoms. The third kappa shape index (κ3) is 2.21. The Labute approximate surface area is 125 Å². The van der Waals surface area contributed by atoms with E-state index in [9.17, 15) is 0 Å². The lowest BCUT2D eigenvalue weighted by Crippen LogP contribution is -2.27. The van der Waals surface area contributed by atoms with Crippen molar-refractivity contribution in [2.24, 2.45) is 0 Å². The molecule has 0 bridgehead atoms. The zero-order valence-corrected chi connectivity index (χ0v) is 12.3. The average Bonchev–Trinajstić information content (AvgIpc) is 3.25. The van der Waals surface area contributed by atoms with Crippen molar-refractivity contribution < 1.29 is 0 Å². The Kier molecular flexibility index (Phi) is 2.95. The zero-order chi connectivity index (χ0) is 14.3. The van der Waals surface area contributed by atoms with Gasteiger partial charge < -0.3 is 5.73 Å². The van der Waals surface area contributed by atoms with Crippen molar-refractivity contribution in [1.29, 1.82) is 0 Å². The van der Waals surface area contributed by atoms with Crippen molar-refractivity contribution in [1.82, 2.24) is 9.97 Å². The van der Waals surface area contributed by atoms with Crippen molar-refractivity contribution in [3.63, 3.8) is 0 Å². The molecule has 0 unspecified atom stereocenters. The quantitative estimate of drug-likeness (QED) is 0.929. The van der Waals surface area contributed by atoms with Crippen LogP contribution in [-0.4, -0.2) is 9.97 Å². The number of anilines is 1. The molecule has 1 heterocycles. The number of hydrogen-bond acceptors (Lipinski definition) is 3. The summed E-state index contributed by atoms with van der Waals surface area (Å²) >= 11 is 0. The smallest absolute Gasteiger partial charge is 0.141 e. The number of nitrogens with zero attached hydrogens (tertiary/aromatic N) is 2. The second-order valence-corrected chi connectivity index (χ2v) is 6.47. The fraction of sp³-hybridized carbons (Fsp3) is 0.444. The molecular formula is C18H21N3. The van der Waals surface area contributed by atoms with Gasteiger partial charge in [-0.05, 0) is 31.2 Å². The highest BCUT2D eigenvalue weighted by Gasteiger charge is 2.41. The van der Waals surface area contributed by atoms with Crippen molar-refractivity contribution in [3.05, 3.63) is 53.5 Å². The SMILES string of the molecule is Nc1cc(C2CC2)nc(C2(c3ccccc3)CCCC2)n1. The number of aromatic nitrogens is 2. The summed E-state index contributed by atoms with van der Waals surface area (Å²) in [6.07, 6.45) is 7.23. The van der Waals surface area contributed by atoms with Gasteiger partial charge in [0.2, 0.25) is 0 Å². The molecule has 1 aromatic carbocycles. The lowest BCUT2D eigenvalue weighted by Gasteiger charge is -2.28. The standard InChI is InChI=1S/C18H21N3/c19-16-12-15(13-8-9-13)20-17(21-16)18(10-4-5-11-18)14-6-2-1-3-7-14/h1-3,6-7,12-13H,4-5,8-11H2,(H2,19,20,21). The van der Waals surface area contributed by atoms with E-state index in [1.54, 1.807) is 0 Å². The molecule has 2 aromatic rings. The summed E-state index contributed by atoms with van der Waals surface area (Å²) in [7, 11) is 0. The summed E-state index contributed by atoms with van der Waals surface area (Å²) in [5.41, 5.74) is 8.55. The Morgan fingerprint density at radius 3 is 2.38 bits per heavy atom. The predicted molar refractivity (Wildman–Crippen MR) is 84.1 cm³/mol. The number of nitrogen functional groups attached to an aromatic ring is 1. The molecule has 2 aliphatic rings. The van der Waals surface area contributed by atoms with E-state index in [-0.39, 0.29) is 5.41 Å². The Bertz CT molecular complexity index is 641. The first-order valence-electron chi connectivity index (χ1n) is 7.98. The minimum atomic E-state index is -0.0275. The van der Waals surface area contributed by atoms with Crippen LogP contribution in [0.25, 0.3) is 0 Å². The number of hydrogen-bond donors (Lipinski definition) is 1. The molecular weight excluding hydrogens is 258 g/mol. The largest absolute Gasteiger partial charge is 0.384 e. The molecule has 1 aromatic heterocycles. The van der Waals surface area contributed by atoms with E-state index in [0.29, 0.717) is 11.7 Å². The molecule has 2 aliphatic carbocycles. The van der Waals surface area contributed by atoms with Crippen LogP contribution in [0.1, 0.15) is 61.5 Å². The molecule has 4 rings (SSSR count). The molecule has 108 valence electrons. The van der Waals surface area contributed by atoms with Gasteiger partial charge in [0.05, 0.1) is 5.41 Å². The number of benzene rings is 1. The summed E-state index contributed by atoms with van der Waals surface area (Å²) in [5.74, 6) is 2.19. The second-order valence-electron chi connectivity index (χ2n) is 6.47. The highest BCUT2D eigenvalue weighted by atomic mass is 15.0. The van der Waals surface area contributed by atoms with Crippen LogP contribution in [0.3, 0.4) is 0 Å². The third-order valence-electron chi connectivity index (χ3n) is 4.97. The van der Waals surface area contributed by atoms with Crippen LogP contribution in [0.4, 0.5) is 5.82 Å². The molecule has 0 atom stereocenters. The van der Waals surface area contributed by atoms with E-state index in [2.05, 4.69) is 35.3 Å². The molecule has 21 heavy (non-hydrogen) atoms. The fourth-order valence-corrected chi connectivity index (χ4v) is 3.67. The molecule has 0 saturated heterocycles. The van der Waals surface area contributed by atoms with Crippen LogP contribution < -0.4 is 5.73 Å². The van der Waals surface area contributed by atoms with Crippen LogP contribution in [0.15, 0.2) is 36.4 Å². The van der Waals surface area contributed by atoms with Gasteiger partial charge in [0.1, 0.15) is 11.6 Å². The summed E-state index contributed by atoms with van der Waals surface area (Å²) in [6, 6.07) is 12.7. The summed E-state index contributed by atoms with van der Waals surface area (Å²) < 4.78 is 0. The van der Waals surface area contributed by atoms with E-state index < -0.39 is 0 Å². The predicted octanol–water partition coefficient (Wildman–Crippen LogP) is 3.80. The van der Waals surface area contributed by atoms with E-state index in [0.717, 1.165) is 24.4 Å². The first kappa shape index (κ1) is 12.8. The highest BCUT2D eigenvalue weighted by Crippen LogP contribution is 2.46. The van der Waals surface area contributed by atoms with E-state index >= 15 is 0 Å². The van der Waals surface area contributed by atoms with Gasteiger partial charge in [0.15, 0.2) is 0 Å². The Hall–Kier alpha value is -1.90. The number of rotatable bonds is 3. The summed E-state index contributed by atoms with van der Waals surface area (Å²) in [4.78, 5) is 9.58. The monoisotopic (exact) mass is 279 g/mol. The maximum atomic E-state index is 6.08. The molecule has 0 radical (unpaired) electrons. The first-order valence-corrected chi connectivity index (χ1v) is 7.98. The van der Waals surface area contributed by atoms with Crippen molar-refractivity contribution in [3.8, 4) is 0 Å². The van der Waals surface area contributed by atoms with Gasteiger partial charge in [-0.1, -0.05) is 43.2 Å². The topological polar surface area (TPSA) is 51.8 Å². The molecule has 0 spiro atoms. The first-order chi connectivity index (χ1) is 10.3. The molecule has 0 aliphatic heterocycles. The maximum Gasteiger partial charge on any atom is 0.141 e. The fourth-order valence-electron chi connectivity index (χ4n) is 3.67. The van der Waals surface area contributed by atoms with Gasteiger partial charge in [0, 0.05) is 17.7 Å². The van der Waals surface area contributed by atoms with Crippen LogP contribution >= 0.6 is 0 Å². The Balaban J connectivity index is 1.84. The molecule has 0 amide bonds. The Morgan fingerprint density at radius 1 is 1.00 bits per heavy atom. The van der Waals surface area contributed by atoms with E-state index in [4.69, 9.17) is 10.7 Å². The Morgan fingerprint density at radius 2 is 1.71 bits per heavy atom. The minimum Gasteiger partial charge on any atom is -0.384 e. The average molecular weight is 279 g/mol.